The molecule has 0 aliphatic rings. The van der Waals surface area contributed by atoms with Gasteiger partial charge in [0.1, 0.15) is 5.75 Å². The SMILES string of the molecule is COc1cccc2c1c(-c1c(C)cc(C)cc1C)c1ccccc1[n+]2-c1ccccc1. The Kier molecular flexibility index (Phi) is 4.71. The summed E-state index contributed by atoms with van der Waals surface area (Å²) in [5, 5.41) is 2.36. The molecule has 0 aliphatic heterocycles. The van der Waals surface area contributed by atoms with Crippen LogP contribution < -0.4 is 9.30 Å². The molecule has 0 unspecified atom stereocenters. The highest BCUT2D eigenvalue weighted by molar-refractivity contribution is 6.11. The zero-order valence-corrected chi connectivity index (χ0v) is 18.4. The predicted octanol–water partition coefficient (Wildman–Crippen LogP) is 6.87. The molecule has 152 valence electrons. The highest BCUT2D eigenvalue weighted by Gasteiger charge is 2.26. The van der Waals surface area contributed by atoms with E-state index in [0.717, 1.165) is 22.3 Å². The van der Waals surface area contributed by atoms with Gasteiger partial charge < -0.3 is 4.74 Å². The standard InChI is InChI=1S/C29H26NO/c1-19-17-20(2)27(21(3)18-19)28-23-13-8-9-14-24(23)30(22-11-6-5-7-12-22)25-15-10-16-26(31-4)29(25)28/h5-18H,1-4H3/q+1. The largest absolute Gasteiger partial charge is 0.496 e. The number of rotatable bonds is 3. The molecule has 1 aromatic heterocycles. The molecule has 0 spiro atoms. The number of hydrogen-bond donors (Lipinski definition) is 0. The lowest BCUT2D eigenvalue weighted by Crippen LogP contribution is -2.33. The molecule has 1 heterocycles. The number of para-hydroxylation sites is 2. The molecule has 31 heavy (non-hydrogen) atoms. The Morgan fingerprint density at radius 3 is 2.00 bits per heavy atom. The number of benzene rings is 4. The third-order valence-electron chi connectivity index (χ3n) is 6.07. The van der Waals surface area contributed by atoms with E-state index < -0.39 is 0 Å². The van der Waals surface area contributed by atoms with Crippen molar-refractivity contribution in [2.24, 2.45) is 0 Å². The van der Waals surface area contributed by atoms with Crippen molar-refractivity contribution in [3.63, 3.8) is 0 Å². The van der Waals surface area contributed by atoms with E-state index >= 15 is 0 Å². The van der Waals surface area contributed by atoms with Crippen LogP contribution in [0.5, 0.6) is 5.75 Å². The van der Waals surface area contributed by atoms with Crippen LogP contribution in [0.25, 0.3) is 38.6 Å². The maximum Gasteiger partial charge on any atom is 0.223 e. The molecule has 0 bridgehead atoms. The molecule has 5 aromatic rings. The molecule has 0 atom stereocenters. The summed E-state index contributed by atoms with van der Waals surface area (Å²) in [6.07, 6.45) is 0. The summed E-state index contributed by atoms with van der Waals surface area (Å²) in [5.74, 6) is 0.891. The Morgan fingerprint density at radius 1 is 0.645 bits per heavy atom. The Hall–Kier alpha value is -3.65. The van der Waals surface area contributed by atoms with Crippen LogP contribution in [0.3, 0.4) is 0 Å². The Morgan fingerprint density at radius 2 is 1.29 bits per heavy atom. The Labute approximate surface area is 183 Å². The minimum Gasteiger partial charge on any atom is -0.496 e. The highest BCUT2D eigenvalue weighted by atomic mass is 16.5. The van der Waals surface area contributed by atoms with E-state index in [0.29, 0.717) is 0 Å². The van der Waals surface area contributed by atoms with Gasteiger partial charge in [-0.3, -0.25) is 0 Å². The maximum atomic E-state index is 5.92. The number of hydrogen-bond acceptors (Lipinski definition) is 1. The lowest BCUT2D eigenvalue weighted by Gasteiger charge is -2.18. The summed E-state index contributed by atoms with van der Waals surface area (Å²) in [5.41, 5.74) is 9.85. The predicted molar refractivity (Wildman–Crippen MR) is 129 cm³/mol. The zero-order valence-electron chi connectivity index (χ0n) is 18.4. The first-order valence-electron chi connectivity index (χ1n) is 10.7. The van der Waals surface area contributed by atoms with Gasteiger partial charge in [-0.05, 0) is 49.6 Å². The zero-order chi connectivity index (χ0) is 21.5. The van der Waals surface area contributed by atoms with Crippen molar-refractivity contribution < 1.29 is 9.30 Å². The van der Waals surface area contributed by atoms with Crippen LogP contribution in [0.15, 0.2) is 84.9 Å². The molecule has 0 fully saturated rings. The number of aryl methyl sites for hydroxylation is 3. The van der Waals surface area contributed by atoms with Gasteiger partial charge >= 0.3 is 0 Å². The van der Waals surface area contributed by atoms with Crippen LogP contribution in [0.2, 0.25) is 0 Å². The normalized spacial score (nSPS) is 11.2. The molecule has 4 aromatic carbocycles. The number of aromatic nitrogens is 1. The Bertz CT molecular complexity index is 1410. The molecule has 0 radical (unpaired) electrons. The van der Waals surface area contributed by atoms with Crippen LogP contribution in [0, 0.1) is 20.8 Å². The van der Waals surface area contributed by atoms with Crippen molar-refractivity contribution in [1.82, 2.24) is 0 Å². The molecule has 2 nitrogen and oxygen atoms in total. The molecule has 0 saturated heterocycles. The fraction of sp³-hybridized carbons (Fsp3) is 0.138. The van der Waals surface area contributed by atoms with Crippen molar-refractivity contribution in [1.29, 1.82) is 0 Å². The monoisotopic (exact) mass is 404 g/mol. The topological polar surface area (TPSA) is 13.1 Å². The summed E-state index contributed by atoms with van der Waals surface area (Å²) >= 11 is 0. The van der Waals surface area contributed by atoms with Gasteiger partial charge in [-0.25, -0.2) is 0 Å². The lowest BCUT2D eigenvalue weighted by atomic mass is 9.88. The summed E-state index contributed by atoms with van der Waals surface area (Å²) < 4.78 is 8.26. The quantitative estimate of drug-likeness (QED) is 0.236. The molecule has 0 amide bonds. The van der Waals surface area contributed by atoms with Crippen molar-refractivity contribution in [3.05, 3.63) is 102 Å². The Balaban J connectivity index is 2.08. The summed E-state index contributed by atoms with van der Waals surface area (Å²) in [4.78, 5) is 0. The van der Waals surface area contributed by atoms with Gasteiger partial charge in [0.2, 0.25) is 16.7 Å². The molecular weight excluding hydrogens is 378 g/mol. The van der Waals surface area contributed by atoms with Gasteiger partial charge in [0.15, 0.2) is 0 Å². The first kappa shape index (κ1) is 19.3. The first-order chi connectivity index (χ1) is 15.1. The third-order valence-corrected chi connectivity index (χ3v) is 6.07. The summed E-state index contributed by atoms with van der Waals surface area (Å²) in [6, 6.07) is 30.1. The van der Waals surface area contributed by atoms with Gasteiger partial charge in [0.05, 0.1) is 17.9 Å². The van der Waals surface area contributed by atoms with E-state index in [1.165, 1.54) is 38.7 Å². The van der Waals surface area contributed by atoms with E-state index in [1.54, 1.807) is 7.11 Å². The van der Waals surface area contributed by atoms with E-state index in [2.05, 4.69) is 110 Å². The second-order valence-corrected chi connectivity index (χ2v) is 8.19. The van der Waals surface area contributed by atoms with Crippen molar-refractivity contribution in [3.8, 4) is 22.6 Å². The number of pyridine rings is 1. The third kappa shape index (κ3) is 3.07. The van der Waals surface area contributed by atoms with Gasteiger partial charge in [0, 0.05) is 29.8 Å². The van der Waals surface area contributed by atoms with E-state index in [4.69, 9.17) is 4.74 Å². The minimum atomic E-state index is 0.891. The second kappa shape index (κ2) is 7.55. The fourth-order valence-electron chi connectivity index (χ4n) is 4.96. The van der Waals surface area contributed by atoms with Gasteiger partial charge in [-0.15, -0.1) is 0 Å². The smallest absolute Gasteiger partial charge is 0.223 e. The van der Waals surface area contributed by atoms with Crippen molar-refractivity contribution in [2.75, 3.05) is 7.11 Å². The van der Waals surface area contributed by atoms with Crippen LogP contribution >= 0.6 is 0 Å². The molecule has 0 N–H and O–H groups in total. The number of fused-ring (bicyclic) bond motifs is 2. The molecule has 0 aliphatic carbocycles. The van der Waals surface area contributed by atoms with Crippen LogP contribution in [-0.2, 0) is 0 Å². The molecule has 2 heteroatoms. The van der Waals surface area contributed by atoms with Gasteiger partial charge in [-0.2, -0.15) is 4.57 Å². The van der Waals surface area contributed by atoms with Crippen LogP contribution in [-0.4, -0.2) is 7.11 Å². The van der Waals surface area contributed by atoms with Gasteiger partial charge in [-0.1, -0.05) is 54.1 Å². The van der Waals surface area contributed by atoms with Crippen LogP contribution in [0.4, 0.5) is 0 Å². The van der Waals surface area contributed by atoms with E-state index in [1.807, 2.05) is 0 Å². The van der Waals surface area contributed by atoms with Crippen molar-refractivity contribution >= 4 is 21.8 Å². The summed E-state index contributed by atoms with van der Waals surface area (Å²) in [6.45, 7) is 6.59. The van der Waals surface area contributed by atoms with Crippen molar-refractivity contribution in [2.45, 2.75) is 20.8 Å². The maximum absolute atomic E-state index is 5.92. The minimum absolute atomic E-state index is 0.891. The van der Waals surface area contributed by atoms with Crippen LogP contribution in [0.1, 0.15) is 16.7 Å². The number of nitrogens with zero attached hydrogens (tertiary/aromatic N) is 1. The first-order valence-corrected chi connectivity index (χ1v) is 10.7. The molecule has 0 saturated carbocycles. The lowest BCUT2D eigenvalue weighted by molar-refractivity contribution is -0.537. The second-order valence-electron chi connectivity index (χ2n) is 8.19. The fourth-order valence-corrected chi connectivity index (χ4v) is 4.96. The van der Waals surface area contributed by atoms with E-state index in [-0.39, 0.29) is 0 Å². The van der Waals surface area contributed by atoms with Gasteiger partial charge in [0.25, 0.3) is 0 Å². The molecular formula is C29H26NO+. The average Bonchev–Trinajstić information content (AvgIpc) is 2.78. The average molecular weight is 405 g/mol. The molecule has 5 rings (SSSR count). The van der Waals surface area contributed by atoms with E-state index in [9.17, 15) is 0 Å². The highest BCUT2D eigenvalue weighted by Crippen LogP contribution is 2.42. The number of methoxy groups -OCH3 is 1. The number of ether oxygens (including phenoxy) is 1. The summed E-state index contributed by atoms with van der Waals surface area (Å²) in [7, 11) is 1.76.